The van der Waals surface area contributed by atoms with E-state index in [1.54, 1.807) is 18.2 Å². The van der Waals surface area contributed by atoms with Crippen LogP contribution in [0.1, 0.15) is 17.2 Å². The third-order valence-corrected chi connectivity index (χ3v) is 4.18. The zero-order valence-electron chi connectivity index (χ0n) is 10.2. The van der Waals surface area contributed by atoms with E-state index in [2.05, 4.69) is 0 Å². The molecule has 0 aliphatic heterocycles. The van der Waals surface area contributed by atoms with Crippen molar-refractivity contribution >= 4 is 12.7 Å². The van der Waals surface area contributed by atoms with Crippen LogP contribution in [0.2, 0.25) is 0 Å². The summed E-state index contributed by atoms with van der Waals surface area (Å²) >= 11 is 0. The molecule has 0 spiro atoms. The van der Waals surface area contributed by atoms with Crippen molar-refractivity contribution in [3.63, 3.8) is 0 Å². The summed E-state index contributed by atoms with van der Waals surface area (Å²) < 4.78 is 11.9. The van der Waals surface area contributed by atoms with Gasteiger partial charge < -0.3 is 10.6 Å². The summed E-state index contributed by atoms with van der Waals surface area (Å²) in [6.45, 7) is 1.34. The summed E-state index contributed by atoms with van der Waals surface area (Å²) in [5.41, 5.74) is 7.82. The first-order valence-electron chi connectivity index (χ1n) is 5.70. The van der Waals surface area contributed by atoms with E-state index < -0.39 is 7.37 Å². The van der Waals surface area contributed by atoms with E-state index in [-0.39, 0.29) is 6.04 Å². The number of hydrogen-bond acceptors (Lipinski definition) is 2. The maximum Gasteiger partial charge on any atom is 0.226 e. The van der Waals surface area contributed by atoms with E-state index in [0.29, 0.717) is 10.9 Å². The van der Waals surface area contributed by atoms with Crippen LogP contribution in [0.5, 0.6) is 0 Å². The molecule has 2 aromatic rings. The van der Waals surface area contributed by atoms with Gasteiger partial charge >= 0.3 is 0 Å². The Morgan fingerprint density at radius 2 is 1.61 bits per heavy atom. The highest BCUT2D eigenvalue weighted by Crippen LogP contribution is 2.37. The van der Waals surface area contributed by atoms with Crippen molar-refractivity contribution in [2.75, 3.05) is 6.66 Å². The van der Waals surface area contributed by atoms with Gasteiger partial charge in [0.05, 0.1) is 6.04 Å². The van der Waals surface area contributed by atoms with Gasteiger partial charge in [-0.3, -0.25) is 4.57 Å². The van der Waals surface area contributed by atoms with Crippen LogP contribution < -0.4 is 11.0 Å². The minimum absolute atomic E-state index is 0.386. The number of nitrogens with two attached hydrogens (primary N) is 1. The van der Waals surface area contributed by atoms with Crippen LogP contribution in [-0.4, -0.2) is 11.6 Å². The molecule has 18 heavy (non-hydrogen) atoms. The van der Waals surface area contributed by atoms with Gasteiger partial charge in [-0.2, -0.15) is 0 Å². The monoisotopic (exact) mass is 261 g/mol. The normalized spacial score (nSPS) is 15.9. The maximum absolute atomic E-state index is 11.9. The van der Waals surface area contributed by atoms with Gasteiger partial charge in [0.15, 0.2) is 0 Å². The molecule has 0 fully saturated rings. The number of benzene rings is 2. The lowest BCUT2D eigenvalue weighted by Crippen LogP contribution is -2.21. The summed E-state index contributed by atoms with van der Waals surface area (Å²) in [4.78, 5) is 9.77. The van der Waals surface area contributed by atoms with Crippen molar-refractivity contribution in [1.82, 2.24) is 0 Å². The van der Waals surface area contributed by atoms with E-state index >= 15 is 0 Å². The predicted octanol–water partition coefficient (Wildman–Crippen LogP) is 2.26. The zero-order chi connectivity index (χ0) is 13.2. The highest BCUT2D eigenvalue weighted by molar-refractivity contribution is 7.65. The molecule has 1 unspecified atom stereocenters. The van der Waals surface area contributed by atoms with Gasteiger partial charge in [0.25, 0.3) is 0 Å². The first-order chi connectivity index (χ1) is 8.50. The Morgan fingerprint density at radius 3 is 2.22 bits per heavy atom. The zero-order valence-corrected chi connectivity index (χ0v) is 11.0. The van der Waals surface area contributed by atoms with Crippen molar-refractivity contribution in [2.45, 2.75) is 6.04 Å². The molecule has 4 heteroatoms. The summed E-state index contributed by atoms with van der Waals surface area (Å²) in [6.07, 6.45) is 0. The Balaban J connectivity index is 2.49. The molecule has 0 radical (unpaired) electrons. The Bertz CT molecular complexity index is 577. The lowest BCUT2D eigenvalue weighted by atomic mass is 10.00. The van der Waals surface area contributed by atoms with E-state index in [1.807, 2.05) is 36.4 Å². The second kappa shape index (κ2) is 5.07. The quantitative estimate of drug-likeness (QED) is 0.833. The lowest BCUT2D eigenvalue weighted by Gasteiger charge is -2.18. The van der Waals surface area contributed by atoms with Gasteiger partial charge in [-0.05, 0) is 17.2 Å². The third-order valence-electron chi connectivity index (χ3n) is 2.88. The van der Waals surface area contributed by atoms with E-state index in [1.165, 1.54) is 6.66 Å². The van der Waals surface area contributed by atoms with Crippen LogP contribution in [-0.2, 0) is 4.57 Å². The highest BCUT2D eigenvalue weighted by atomic mass is 31.2. The maximum atomic E-state index is 11.9. The Kier molecular flexibility index (Phi) is 3.67. The number of hydrogen-bond donors (Lipinski definition) is 2. The number of rotatable bonds is 3. The van der Waals surface area contributed by atoms with Crippen LogP contribution in [0.25, 0.3) is 0 Å². The van der Waals surface area contributed by atoms with Gasteiger partial charge in [-0.1, -0.05) is 48.5 Å². The molecule has 0 aromatic heterocycles. The molecule has 0 heterocycles. The van der Waals surface area contributed by atoms with Crippen LogP contribution >= 0.6 is 7.37 Å². The lowest BCUT2D eigenvalue weighted by molar-refractivity contribution is 0.496. The summed E-state index contributed by atoms with van der Waals surface area (Å²) in [5, 5.41) is 0.432. The molecular weight excluding hydrogens is 245 g/mol. The van der Waals surface area contributed by atoms with E-state index in [9.17, 15) is 9.46 Å². The molecule has 0 amide bonds. The fourth-order valence-electron chi connectivity index (χ4n) is 1.97. The van der Waals surface area contributed by atoms with Crippen molar-refractivity contribution < 1.29 is 9.46 Å². The van der Waals surface area contributed by atoms with Crippen LogP contribution in [0.3, 0.4) is 0 Å². The van der Waals surface area contributed by atoms with Gasteiger partial charge in [-0.25, -0.2) is 0 Å². The molecule has 0 aliphatic carbocycles. The molecular formula is C14H16NO2P. The smallest absolute Gasteiger partial charge is 0.226 e. The van der Waals surface area contributed by atoms with Gasteiger partial charge in [-0.15, -0.1) is 0 Å². The molecule has 2 atom stereocenters. The molecule has 0 bridgehead atoms. The Hall–Kier alpha value is -1.41. The van der Waals surface area contributed by atoms with E-state index in [4.69, 9.17) is 5.73 Å². The highest BCUT2D eigenvalue weighted by Gasteiger charge is 2.21. The SMILES string of the molecule is CP(=O)(O)c1ccccc1[C@@H](N)c1ccccc1. The minimum Gasteiger partial charge on any atom is -0.341 e. The van der Waals surface area contributed by atoms with Crippen LogP contribution in [0.15, 0.2) is 54.6 Å². The molecule has 0 saturated heterocycles. The third kappa shape index (κ3) is 2.70. The molecule has 3 nitrogen and oxygen atoms in total. The molecule has 0 aliphatic rings. The average molecular weight is 261 g/mol. The first-order valence-corrected chi connectivity index (χ1v) is 7.81. The van der Waals surface area contributed by atoms with Crippen molar-refractivity contribution in [3.8, 4) is 0 Å². The fraction of sp³-hybridized carbons (Fsp3) is 0.143. The molecule has 2 rings (SSSR count). The Labute approximate surface area is 107 Å². The van der Waals surface area contributed by atoms with Gasteiger partial charge in [0, 0.05) is 12.0 Å². The largest absolute Gasteiger partial charge is 0.341 e. The van der Waals surface area contributed by atoms with Crippen LogP contribution in [0, 0.1) is 0 Å². The standard InChI is InChI=1S/C14H16NO2P/c1-18(16,17)13-10-6-5-9-12(13)14(15)11-7-3-2-4-8-11/h2-10,14H,15H2,1H3,(H,16,17)/t14-/m0/s1. The minimum atomic E-state index is -3.31. The van der Waals surface area contributed by atoms with Crippen LogP contribution in [0.4, 0.5) is 0 Å². The van der Waals surface area contributed by atoms with Crippen molar-refractivity contribution in [1.29, 1.82) is 0 Å². The topological polar surface area (TPSA) is 63.3 Å². The summed E-state index contributed by atoms with van der Waals surface area (Å²) in [7, 11) is -3.31. The van der Waals surface area contributed by atoms with E-state index in [0.717, 1.165) is 5.56 Å². The molecule has 2 aromatic carbocycles. The van der Waals surface area contributed by atoms with Crippen molar-refractivity contribution in [3.05, 3.63) is 65.7 Å². The fourth-order valence-corrected chi connectivity index (χ4v) is 3.02. The summed E-state index contributed by atoms with van der Waals surface area (Å²) in [5.74, 6) is 0. The molecule has 3 N–H and O–H groups in total. The first kappa shape index (κ1) is 13.0. The average Bonchev–Trinajstić information content (AvgIpc) is 2.38. The van der Waals surface area contributed by atoms with Gasteiger partial charge in [0.2, 0.25) is 7.37 Å². The van der Waals surface area contributed by atoms with Crippen molar-refractivity contribution in [2.24, 2.45) is 5.73 Å². The van der Waals surface area contributed by atoms with Gasteiger partial charge in [0.1, 0.15) is 0 Å². The molecule has 94 valence electrons. The predicted molar refractivity (Wildman–Crippen MR) is 74.3 cm³/mol. The second-order valence-electron chi connectivity index (χ2n) is 4.33. The second-order valence-corrected chi connectivity index (χ2v) is 6.57. The molecule has 0 saturated carbocycles. The Morgan fingerprint density at radius 1 is 1.06 bits per heavy atom. The summed E-state index contributed by atoms with van der Waals surface area (Å²) in [6, 6.07) is 16.2.